The van der Waals surface area contributed by atoms with Crippen LogP contribution in [0.4, 0.5) is 5.95 Å². The van der Waals surface area contributed by atoms with Crippen LogP contribution in [0.5, 0.6) is 5.75 Å². The Kier molecular flexibility index (Phi) is 4.02. The maximum atomic E-state index is 5.22. The van der Waals surface area contributed by atoms with Gasteiger partial charge in [0.2, 0.25) is 5.95 Å². The molecular weight excluding hydrogens is 226 g/mol. The van der Waals surface area contributed by atoms with Crippen LogP contribution in [-0.2, 0) is 6.54 Å². The summed E-state index contributed by atoms with van der Waals surface area (Å²) in [7, 11) is 1.67. The Morgan fingerprint density at radius 3 is 3.17 bits per heavy atom. The molecule has 0 bridgehead atoms. The molecule has 2 rings (SSSR count). The van der Waals surface area contributed by atoms with Gasteiger partial charge in [-0.25, -0.2) is 4.98 Å². The fourth-order valence-electron chi connectivity index (χ4n) is 1.73. The third kappa shape index (κ3) is 2.91. The van der Waals surface area contributed by atoms with Crippen LogP contribution in [0.2, 0.25) is 0 Å². The molecule has 0 spiro atoms. The van der Waals surface area contributed by atoms with Gasteiger partial charge in [-0.1, -0.05) is 18.2 Å². The van der Waals surface area contributed by atoms with E-state index in [2.05, 4.69) is 27.5 Å². The average molecular weight is 243 g/mol. The summed E-state index contributed by atoms with van der Waals surface area (Å²) in [6.07, 6.45) is 5.54. The van der Waals surface area contributed by atoms with E-state index in [0.717, 1.165) is 18.2 Å². The minimum absolute atomic E-state index is 0.703. The molecule has 0 amide bonds. The van der Waals surface area contributed by atoms with Crippen molar-refractivity contribution in [2.24, 2.45) is 0 Å². The zero-order valence-electron chi connectivity index (χ0n) is 10.5. The summed E-state index contributed by atoms with van der Waals surface area (Å²) >= 11 is 0. The van der Waals surface area contributed by atoms with E-state index in [0.29, 0.717) is 6.54 Å². The van der Waals surface area contributed by atoms with E-state index in [1.807, 2.05) is 30.5 Å². The monoisotopic (exact) mass is 243 g/mol. The van der Waals surface area contributed by atoms with Gasteiger partial charge in [0.05, 0.1) is 13.7 Å². The van der Waals surface area contributed by atoms with E-state index in [1.165, 1.54) is 5.56 Å². The van der Waals surface area contributed by atoms with Crippen molar-refractivity contribution in [1.29, 1.82) is 0 Å². The molecule has 1 heterocycles. The molecule has 2 aromatic rings. The highest BCUT2D eigenvalue weighted by molar-refractivity contribution is 5.32. The largest absolute Gasteiger partial charge is 0.497 e. The van der Waals surface area contributed by atoms with Crippen LogP contribution < -0.4 is 10.1 Å². The number of methoxy groups -OCH3 is 1. The fraction of sp³-hybridized carbons (Fsp3) is 0.214. The summed E-state index contributed by atoms with van der Waals surface area (Å²) in [4.78, 5) is 4.27. The van der Waals surface area contributed by atoms with Crippen LogP contribution in [0.25, 0.3) is 0 Å². The van der Waals surface area contributed by atoms with Crippen molar-refractivity contribution in [3.63, 3.8) is 0 Å². The number of aromatic nitrogens is 2. The minimum Gasteiger partial charge on any atom is -0.497 e. The lowest BCUT2D eigenvalue weighted by atomic mass is 10.2. The fourth-order valence-corrected chi connectivity index (χ4v) is 1.73. The van der Waals surface area contributed by atoms with Gasteiger partial charge in [0.25, 0.3) is 0 Å². The first-order chi connectivity index (χ1) is 8.83. The number of hydrogen-bond donors (Lipinski definition) is 1. The van der Waals surface area contributed by atoms with E-state index in [1.54, 1.807) is 13.3 Å². The lowest BCUT2D eigenvalue weighted by Gasteiger charge is -2.09. The van der Waals surface area contributed by atoms with Crippen LogP contribution in [0.1, 0.15) is 5.56 Å². The minimum atomic E-state index is 0.703. The maximum absolute atomic E-state index is 5.22. The van der Waals surface area contributed by atoms with E-state index in [-0.39, 0.29) is 0 Å². The average Bonchev–Trinajstić information content (AvgIpc) is 2.84. The molecule has 0 aliphatic rings. The molecule has 0 aliphatic carbocycles. The number of benzene rings is 1. The second-order valence-corrected chi connectivity index (χ2v) is 3.90. The number of hydrogen-bond acceptors (Lipinski definition) is 3. The van der Waals surface area contributed by atoms with Crippen LogP contribution in [0.15, 0.2) is 49.3 Å². The Hall–Kier alpha value is -2.23. The van der Waals surface area contributed by atoms with E-state index >= 15 is 0 Å². The van der Waals surface area contributed by atoms with Crippen molar-refractivity contribution < 1.29 is 4.74 Å². The molecule has 0 fully saturated rings. The van der Waals surface area contributed by atoms with Gasteiger partial charge in [-0.2, -0.15) is 0 Å². The molecule has 94 valence electrons. The van der Waals surface area contributed by atoms with Crippen LogP contribution in [-0.4, -0.2) is 23.2 Å². The second-order valence-electron chi connectivity index (χ2n) is 3.90. The summed E-state index contributed by atoms with van der Waals surface area (Å²) in [5, 5.41) is 3.19. The molecule has 0 aliphatic heterocycles. The molecule has 4 heteroatoms. The van der Waals surface area contributed by atoms with Crippen molar-refractivity contribution in [3.05, 3.63) is 54.9 Å². The first kappa shape index (κ1) is 12.2. The summed E-state index contributed by atoms with van der Waals surface area (Å²) in [5.41, 5.74) is 1.18. The molecular formula is C14H17N3O. The van der Waals surface area contributed by atoms with Gasteiger partial charge in [-0.15, -0.1) is 6.58 Å². The predicted octanol–water partition coefficient (Wildman–Crippen LogP) is 2.54. The number of ether oxygens (including phenoxy) is 1. The molecule has 1 aromatic heterocycles. The van der Waals surface area contributed by atoms with Crippen molar-refractivity contribution in [1.82, 2.24) is 9.55 Å². The first-order valence-corrected chi connectivity index (χ1v) is 5.82. The molecule has 4 nitrogen and oxygen atoms in total. The summed E-state index contributed by atoms with van der Waals surface area (Å²) in [5.74, 6) is 1.71. The quantitative estimate of drug-likeness (QED) is 0.792. The number of rotatable bonds is 6. The Bertz CT molecular complexity index is 519. The van der Waals surface area contributed by atoms with Crippen LogP contribution in [0.3, 0.4) is 0 Å². The van der Waals surface area contributed by atoms with Crippen molar-refractivity contribution in [2.45, 2.75) is 6.54 Å². The van der Waals surface area contributed by atoms with E-state index < -0.39 is 0 Å². The maximum Gasteiger partial charge on any atom is 0.203 e. The Morgan fingerprint density at radius 2 is 2.39 bits per heavy atom. The van der Waals surface area contributed by atoms with E-state index in [9.17, 15) is 0 Å². The topological polar surface area (TPSA) is 39.1 Å². The van der Waals surface area contributed by atoms with Crippen molar-refractivity contribution in [2.75, 3.05) is 19.0 Å². The zero-order valence-corrected chi connectivity index (χ0v) is 10.5. The predicted molar refractivity (Wildman–Crippen MR) is 73.0 cm³/mol. The van der Waals surface area contributed by atoms with Gasteiger partial charge in [-0.3, -0.25) is 0 Å². The number of anilines is 1. The highest BCUT2D eigenvalue weighted by Gasteiger charge is 2.03. The molecule has 0 radical (unpaired) electrons. The normalized spacial score (nSPS) is 10.1. The van der Waals surface area contributed by atoms with Gasteiger partial charge >= 0.3 is 0 Å². The van der Waals surface area contributed by atoms with E-state index in [4.69, 9.17) is 4.74 Å². The van der Waals surface area contributed by atoms with Gasteiger partial charge in [0.1, 0.15) is 5.75 Å². The Morgan fingerprint density at radius 1 is 1.50 bits per heavy atom. The van der Waals surface area contributed by atoms with Gasteiger partial charge < -0.3 is 14.6 Å². The Labute approximate surface area is 107 Å². The van der Waals surface area contributed by atoms with Crippen LogP contribution >= 0.6 is 0 Å². The third-order valence-corrected chi connectivity index (χ3v) is 2.61. The van der Waals surface area contributed by atoms with Gasteiger partial charge in [0.15, 0.2) is 0 Å². The van der Waals surface area contributed by atoms with Crippen molar-refractivity contribution >= 4 is 5.95 Å². The Balaban J connectivity index is 2.12. The summed E-state index contributed by atoms with van der Waals surface area (Å²) in [6.45, 7) is 5.14. The third-order valence-electron chi connectivity index (χ3n) is 2.61. The van der Waals surface area contributed by atoms with Crippen molar-refractivity contribution in [3.8, 4) is 5.75 Å². The lowest BCUT2D eigenvalue weighted by Crippen LogP contribution is -2.07. The number of imidazole rings is 1. The SMILES string of the molecule is C=CCNc1nccn1Cc1cccc(OC)c1. The van der Waals surface area contributed by atoms with Gasteiger partial charge in [-0.05, 0) is 17.7 Å². The molecule has 1 N–H and O–H groups in total. The molecule has 0 unspecified atom stereocenters. The highest BCUT2D eigenvalue weighted by atomic mass is 16.5. The smallest absolute Gasteiger partial charge is 0.203 e. The molecule has 0 saturated carbocycles. The molecule has 1 aromatic carbocycles. The molecule has 0 atom stereocenters. The summed E-state index contributed by atoms with van der Waals surface area (Å²) in [6, 6.07) is 8.02. The lowest BCUT2D eigenvalue weighted by molar-refractivity contribution is 0.414. The second kappa shape index (κ2) is 5.91. The highest BCUT2D eigenvalue weighted by Crippen LogP contribution is 2.15. The summed E-state index contributed by atoms with van der Waals surface area (Å²) < 4.78 is 7.27. The van der Waals surface area contributed by atoms with Crippen LogP contribution in [0, 0.1) is 0 Å². The standard InChI is InChI=1S/C14H17N3O/c1-3-7-15-14-16-8-9-17(14)11-12-5-4-6-13(10-12)18-2/h3-6,8-10H,1,7,11H2,2H3,(H,15,16). The first-order valence-electron chi connectivity index (χ1n) is 5.82. The number of nitrogens with one attached hydrogen (secondary N) is 1. The van der Waals surface area contributed by atoms with Gasteiger partial charge in [0, 0.05) is 18.9 Å². The zero-order chi connectivity index (χ0) is 12.8. The number of nitrogens with zero attached hydrogens (tertiary/aromatic N) is 2. The molecule has 18 heavy (non-hydrogen) atoms. The molecule has 0 saturated heterocycles.